The highest BCUT2D eigenvalue weighted by molar-refractivity contribution is 5.93. The van der Waals surface area contributed by atoms with Crippen LogP contribution in [-0.4, -0.2) is 17.4 Å². The molecule has 4 heteroatoms. The van der Waals surface area contributed by atoms with Crippen LogP contribution in [0.4, 0.5) is 0 Å². The lowest BCUT2D eigenvalue weighted by atomic mass is 10.1. The Kier molecular flexibility index (Phi) is 4.09. The van der Waals surface area contributed by atoms with Crippen molar-refractivity contribution >= 4 is 5.91 Å². The monoisotopic (exact) mass is 208 g/mol. The molecule has 1 aromatic rings. The molecule has 0 spiro atoms. The number of amides is 1. The minimum absolute atomic E-state index is 0.147. The molecule has 0 radical (unpaired) electrons. The molecule has 82 valence electrons. The molecule has 1 unspecified atom stereocenters. The fourth-order valence-electron chi connectivity index (χ4n) is 1.07. The zero-order valence-corrected chi connectivity index (χ0v) is 9.04. The second-order valence-electron chi connectivity index (χ2n) is 3.67. The fraction of sp³-hybridized carbons (Fsp3) is 0.455. The molecule has 1 rings (SSSR count). The zero-order chi connectivity index (χ0) is 11.3. The molecular formula is C11H16N2O2. The first-order valence-corrected chi connectivity index (χ1v) is 5.10. The SMILES string of the molecule is CCC(C)CNC(=O)c1ccc(=O)[nH]c1. The van der Waals surface area contributed by atoms with Gasteiger partial charge in [-0.3, -0.25) is 9.59 Å². The molecule has 0 bridgehead atoms. The number of carbonyl (C=O) groups excluding carboxylic acids is 1. The summed E-state index contributed by atoms with van der Waals surface area (Å²) in [5, 5.41) is 2.81. The molecule has 0 fully saturated rings. The van der Waals surface area contributed by atoms with Crippen LogP contribution in [0.3, 0.4) is 0 Å². The van der Waals surface area contributed by atoms with Gasteiger partial charge in [-0.2, -0.15) is 0 Å². The lowest BCUT2D eigenvalue weighted by molar-refractivity contribution is 0.0947. The summed E-state index contributed by atoms with van der Waals surface area (Å²) >= 11 is 0. The van der Waals surface area contributed by atoms with Crippen molar-refractivity contribution in [2.75, 3.05) is 6.54 Å². The summed E-state index contributed by atoms with van der Waals surface area (Å²) in [6.07, 6.45) is 2.46. The van der Waals surface area contributed by atoms with Gasteiger partial charge in [-0.15, -0.1) is 0 Å². The minimum atomic E-state index is -0.200. The Hall–Kier alpha value is -1.58. The van der Waals surface area contributed by atoms with Crippen molar-refractivity contribution in [2.45, 2.75) is 20.3 Å². The smallest absolute Gasteiger partial charge is 0.252 e. The molecule has 0 aliphatic carbocycles. The average Bonchev–Trinajstić information content (AvgIpc) is 2.26. The third-order valence-corrected chi connectivity index (χ3v) is 2.35. The number of H-pyrrole nitrogens is 1. The van der Waals surface area contributed by atoms with Crippen molar-refractivity contribution in [1.29, 1.82) is 0 Å². The van der Waals surface area contributed by atoms with Crippen molar-refractivity contribution in [3.8, 4) is 0 Å². The lowest BCUT2D eigenvalue weighted by Gasteiger charge is -2.09. The lowest BCUT2D eigenvalue weighted by Crippen LogP contribution is -2.28. The summed E-state index contributed by atoms with van der Waals surface area (Å²) in [5.41, 5.74) is 0.284. The van der Waals surface area contributed by atoms with E-state index in [1.807, 2.05) is 0 Å². The van der Waals surface area contributed by atoms with Gasteiger partial charge in [0.2, 0.25) is 5.56 Å². The number of hydrogen-bond donors (Lipinski definition) is 2. The highest BCUT2D eigenvalue weighted by atomic mass is 16.1. The molecule has 0 saturated heterocycles. The molecule has 0 saturated carbocycles. The van der Waals surface area contributed by atoms with E-state index >= 15 is 0 Å². The van der Waals surface area contributed by atoms with Crippen LogP contribution in [-0.2, 0) is 0 Å². The van der Waals surface area contributed by atoms with Crippen molar-refractivity contribution < 1.29 is 4.79 Å². The first-order chi connectivity index (χ1) is 7.13. The Labute approximate surface area is 88.7 Å². The Morgan fingerprint density at radius 1 is 1.53 bits per heavy atom. The third-order valence-electron chi connectivity index (χ3n) is 2.35. The molecule has 2 N–H and O–H groups in total. The number of aromatic amines is 1. The maximum atomic E-state index is 11.5. The molecular weight excluding hydrogens is 192 g/mol. The van der Waals surface area contributed by atoms with Crippen LogP contribution in [0, 0.1) is 5.92 Å². The Balaban J connectivity index is 2.54. The van der Waals surface area contributed by atoms with E-state index in [1.165, 1.54) is 18.3 Å². The summed E-state index contributed by atoms with van der Waals surface area (Å²) < 4.78 is 0. The van der Waals surface area contributed by atoms with Gasteiger partial charge in [0.1, 0.15) is 0 Å². The van der Waals surface area contributed by atoms with Crippen LogP contribution in [0.25, 0.3) is 0 Å². The number of carbonyl (C=O) groups is 1. The molecule has 15 heavy (non-hydrogen) atoms. The minimum Gasteiger partial charge on any atom is -0.352 e. The van der Waals surface area contributed by atoms with E-state index in [-0.39, 0.29) is 11.5 Å². The maximum Gasteiger partial charge on any atom is 0.252 e. The zero-order valence-electron chi connectivity index (χ0n) is 9.04. The number of aromatic nitrogens is 1. The van der Waals surface area contributed by atoms with Crippen LogP contribution >= 0.6 is 0 Å². The summed E-state index contributed by atoms with van der Waals surface area (Å²) in [5.74, 6) is 0.322. The average molecular weight is 208 g/mol. The van der Waals surface area contributed by atoms with Crippen LogP contribution < -0.4 is 10.9 Å². The summed E-state index contributed by atoms with van der Waals surface area (Å²) in [7, 11) is 0. The van der Waals surface area contributed by atoms with Gasteiger partial charge >= 0.3 is 0 Å². The van der Waals surface area contributed by atoms with Crippen molar-refractivity contribution in [1.82, 2.24) is 10.3 Å². The largest absolute Gasteiger partial charge is 0.352 e. The second-order valence-corrected chi connectivity index (χ2v) is 3.67. The van der Waals surface area contributed by atoms with Crippen LogP contribution in [0.1, 0.15) is 30.6 Å². The van der Waals surface area contributed by atoms with Crippen LogP contribution in [0.2, 0.25) is 0 Å². The Morgan fingerprint density at radius 3 is 2.80 bits per heavy atom. The van der Waals surface area contributed by atoms with Gasteiger partial charge in [-0.05, 0) is 12.0 Å². The van der Waals surface area contributed by atoms with Gasteiger partial charge in [-0.25, -0.2) is 0 Å². The van der Waals surface area contributed by atoms with Gasteiger partial charge in [-0.1, -0.05) is 20.3 Å². The standard InChI is InChI=1S/C11H16N2O2/c1-3-8(2)6-13-11(15)9-4-5-10(14)12-7-9/h4-5,7-8H,3,6H2,1-2H3,(H,12,14)(H,13,15). The molecule has 0 aromatic carbocycles. The van der Waals surface area contributed by atoms with Gasteiger partial charge in [0.05, 0.1) is 5.56 Å². The van der Waals surface area contributed by atoms with Gasteiger partial charge in [0.15, 0.2) is 0 Å². The molecule has 1 heterocycles. The first-order valence-electron chi connectivity index (χ1n) is 5.10. The number of hydrogen-bond acceptors (Lipinski definition) is 2. The first kappa shape index (κ1) is 11.5. The van der Waals surface area contributed by atoms with Crippen molar-refractivity contribution in [3.63, 3.8) is 0 Å². The van der Waals surface area contributed by atoms with Crippen molar-refractivity contribution in [2.24, 2.45) is 5.92 Å². The highest BCUT2D eigenvalue weighted by Crippen LogP contribution is 1.99. The summed E-state index contributed by atoms with van der Waals surface area (Å²) in [6.45, 7) is 4.82. The molecule has 1 atom stereocenters. The molecule has 0 aliphatic heterocycles. The summed E-state index contributed by atoms with van der Waals surface area (Å²) in [4.78, 5) is 24.8. The highest BCUT2D eigenvalue weighted by Gasteiger charge is 2.06. The Bertz CT molecular complexity index is 364. The van der Waals surface area contributed by atoms with Gasteiger partial charge < -0.3 is 10.3 Å². The van der Waals surface area contributed by atoms with Crippen molar-refractivity contribution in [3.05, 3.63) is 34.2 Å². The van der Waals surface area contributed by atoms with Crippen LogP contribution in [0.15, 0.2) is 23.1 Å². The van der Waals surface area contributed by atoms with E-state index in [0.717, 1.165) is 6.42 Å². The molecule has 0 aliphatic rings. The quantitative estimate of drug-likeness (QED) is 0.779. The molecule has 1 amide bonds. The fourth-order valence-corrected chi connectivity index (χ4v) is 1.07. The maximum absolute atomic E-state index is 11.5. The van der Waals surface area contributed by atoms with E-state index in [4.69, 9.17) is 0 Å². The van der Waals surface area contributed by atoms with Gasteiger partial charge in [0.25, 0.3) is 5.91 Å². The van der Waals surface area contributed by atoms with E-state index in [1.54, 1.807) is 0 Å². The number of rotatable bonds is 4. The van der Waals surface area contributed by atoms with Crippen LogP contribution in [0.5, 0.6) is 0 Å². The third kappa shape index (κ3) is 3.58. The predicted molar refractivity (Wildman–Crippen MR) is 58.9 cm³/mol. The number of nitrogens with one attached hydrogen (secondary N) is 2. The molecule has 1 aromatic heterocycles. The predicted octanol–water partition coefficient (Wildman–Crippen LogP) is 1.15. The Morgan fingerprint density at radius 2 is 2.27 bits per heavy atom. The summed E-state index contributed by atoms with van der Waals surface area (Å²) in [6, 6.07) is 2.86. The van der Waals surface area contributed by atoms with E-state index in [9.17, 15) is 9.59 Å². The molecule has 4 nitrogen and oxygen atoms in total. The number of pyridine rings is 1. The van der Waals surface area contributed by atoms with E-state index in [0.29, 0.717) is 18.0 Å². The second kappa shape index (κ2) is 5.34. The van der Waals surface area contributed by atoms with E-state index < -0.39 is 0 Å². The van der Waals surface area contributed by atoms with Gasteiger partial charge in [0, 0.05) is 18.8 Å². The topological polar surface area (TPSA) is 62.0 Å². The normalized spacial score (nSPS) is 12.1. The van der Waals surface area contributed by atoms with E-state index in [2.05, 4.69) is 24.1 Å².